The fraction of sp³-hybridized carbons (Fsp3) is 0.308. The molecule has 0 spiro atoms. The second-order valence-corrected chi connectivity index (χ2v) is 4.12. The third kappa shape index (κ3) is 2.46. The van der Waals surface area contributed by atoms with Crippen LogP contribution in [0.5, 0.6) is 0 Å². The molecule has 0 atom stereocenters. The van der Waals surface area contributed by atoms with Crippen LogP contribution >= 0.6 is 0 Å². The molecule has 1 aliphatic rings. The van der Waals surface area contributed by atoms with E-state index in [4.69, 9.17) is 0 Å². The fourth-order valence-corrected chi connectivity index (χ4v) is 1.55. The third-order valence-electron chi connectivity index (χ3n) is 2.48. The minimum absolute atomic E-state index is 0.289. The number of Topliss-reactive ketones (excluding diaryl/α,β-unsaturated/α-hetero) is 1. The van der Waals surface area contributed by atoms with Gasteiger partial charge in [0.1, 0.15) is 0 Å². The van der Waals surface area contributed by atoms with Crippen molar-refractivity contribution in [1.82, 2.24) is 0 Å². The molecule has 0 heterocycles. The molecule has 1 aromatic rings. The van der Waals surface area contributed by atoms with Crippen molar-refractivity contribution in [3.63, 3.8) is 0 Å². The van der Waals surface area contributed by atoms with Crippen LogP contribution in [0.25, 0.3) is 0 Å². The Morgan fingerprint density at radius 3 is 2.40 bits per heavy atom. The predicted octanol–water partition coefficient (Wildman–Crippen LogP) is 3.22. The van der Waals surface area contributed by atoms with E-state index in [1.807, 2.05) is 31.2 Å². The number of carbonyl (C=O) groups excluding carboxylic acids is 1. The number of rotatable bonds is 4. The zero-order chi connectivity index (χ0) is 10.8. The Bertz CT molecular complexity index is 388. The second-order valence-electron chi connectivity index (χ2n) is 4.12. The number of anilines is 1. The van der Waals surface area contributed by atoms with Crippen LogP contribution in [0.1, 0.15) is 30.1 Å². The van der Waals surface area contributed by atoms with Crippen molar-refractivity contribution in [2.75, 3.05) is 5.32 Å². The standard InChI is InChI=1S/C13H15NO/c1-9(2)14-12-7-5-11(6-8-12)13(15)10-3-4-10/h5-8,10,14H,1,3-4H2,2H3. The van der Waals surface area contributed by atoms with Crippen LogP contribution in [0.15, 0.2) is 36.5 Å². The lowest BCUT2D eigenvalue weighted by molar-refractivity contribution is 0.0967. The van der Waals surface area contributed by atoms with Crippen molar-refractivity contribution in [3.05, 3.63) is 42.1 Å². The smallest absolute Gasteiger partial charge is 0.165 e. The Morgan fingerprint density at radius 2 is 1.93 bits per heavy atom. The average molecular weight is 201 g/mol. The molecule has 78 valence electrons. The minimum atomic E-state index is 0.289. The zero-order valence-corrected chi connectivity index (χ0v) is 8.92. The molecule has 0 bridgehead atoms. The first-order chi connectivity index (χ1) is 7.16. The van der Waals surface area contributed by atoms with Crippen molar-refractivity contribution >= 4 is 11.5 Å². The van der Waals surface area contributed by atoms with Gasteiger partial charge < -0.3 is 5.32 Å². The number of benzene rings is 1. The van der Waals surface area contributed by atoms with E-state index in [9.17, 15) is 4.79 Å². The Hall–Kier alpha value is -1.57. The van der Waals surface area contributed by atoms with Gasteiger partial charge in [-0.1, -0.05) is 6.58 Å². The number of hydrogen-bond donors (Lipinski definition) is 1. The Morgan fingerprint density at radius 1 is 1.33 bits per heavy atom. The predicted molar refractivity (Wildman–Crippen MR) is 61.9 cm³/mol. The van der Waals surface area contributed by atoms with Crippen molar-refractivity contribution < 1.29 is 4.79 Å². The third-order valence-corrected chi connectivity index (χ3v) is 2.48. The maximum absolute atomic E-state index is 11.7. The molecule has 2 nitrogen and oxygen atoms in total. The summed E-state index contributed by atoms with van der Waals surface area (Å²) in [6.45, 7) is 5.67. The summed E-state index contributed by atoms with van der Waals surface area (Å²) < 4.78 is 0. The largest absolute Gasteiger partial charge is 0.360 e. The Labute approximate surface area is 90.0 Å². The summed E-state index contributed by atoms with van der Waals surface area (Å²) in [5.41, 5.74) is 2.70. The molecule has 1 aliphatic carbocycles. The van der Waals surface area contributed by atoms with E-state index in [1.54, 1.807) is 0 Å². The van der Waals surface area contributed by atoms with Gasteiger partial charge in [-0.15, -0.1) is 0 Å². The quantitative estimate of drug-likeness (QED) is 0.758. The van der Waals surface area contributed by atoms with Crippen LogP contribution in [-0.4, -0.2) is 5.78 Å². The Kier molecular flexibility index (Phi) is 2.58. The summed E-state index contributed by atoms with van der Waals surface area (Å²) in [6.07, 6.45) is 2.12. The first-order valence-corrected chi connectivity index (χ1v) is 5.23. The first-order valence-electron chi connectivity index (χ1n) is 5.23. The molecule has 15 heavy (non-hydrogen) atoms. The molecule has 1 N–H and O–H groups in total. The van der Waals surface area contributed by atoms with E-state index in [-0.39, 0.29) is 5.78 Å². The number of nitrogens with one attached hydrogen (secondary N) is 1. The molecule has 0 aliphatic heterocycles. The fourth-order valence-electron chi connectivity index (χ4n) is 1.55. The summed E-state index contributed by atoms with van der Waals surface area (Å²) in [5.74, 6) is 0.585. The lowest BCUT2D eigenvalue weighted by Crippen LogP contribution is -2.01. The SMILES string of the molecule is C=C(C)Nc1ccc(C(=O)C2CC2)cc1. The van der Waals surface area contributed by atoms with Gasteiger partial charge in [0.2, 0.25) is 0 Å². The molecule has 1 saturated carbocycles. The van der Waals surface area contributed by atoms with E-state index in [0.717, 1.165) is 29.8 Å². The molecule has 0 saturated heterocycles. The van der Waals surface area contributed by atoms with Gasteiger partial charge in [-0.05, 0) is 44.0 Å². The summed E-state index contributed by atoms with van der Waals surface area (Å²) in [6, 6.07) is 7.60. The topological polar surface area (TPSA) is 29.1 Å². The van der Waals surface area contributed by atoms with Crippen LogP contribution in [0.2, 0.25) is 0 Å². The highest BCUT2D eigenvalue weighted by molar-refractivity contribution is 5.99. The molecule has 2 heteroatoms. The van der Waals surface area contributed by atoms with Gasteiger partial charge >= 0.3 is 0 Å². The molecule has 1 aromatic carbocycles. The number of hydrogen-bond acceptors (Lipinski definition) is 2. The van der Waals surface area contributed by atoms with Gasteiger partial charge in [-0.3, -0.25) is 4.79 Å². The highest BCUT2D eigenvalue weighted by Gasteiger charge is 2.30. The van der Waals surface area contributed by atoms with Crippen molar-refractivity contribution in [2.24, 2.45) is 5.92 Å². The van der Waals surface area contributed by atoms with Gasteiger partial charge in [0.05, 0.1) is 0 Å². The second kappa shape index (κ2) is 3.89. The average Bonchev–Trinajstić information content (AvgIpc) is 3.00. The lowest BCUT2D eigenvalue weighted by Gasteiger charge is -2.05. The Balaban J connectivity index is 2.09. The maximum Gasteiger partial charge on any atom is 0.165 e. The minimum Gasteiger partial charge on any atom is -0.360 e. The summed E-state index contributed by atoms with van der Waals surface area (Å²) in [5, 5.41) is 3.11. The summed E-state index contributed by atoms with van der Waals surface area (Å²) in [4.78, 5) is 11.7. The van der Waals surface area contributed by atoms with Crippen LogP contribution in [0.3, 0.4) is 0 Å². The zero-order valence-electron chi connectivity index (χ0n) is 8.92. The molecule has 0 aromatic heterocycles. The van der Waals surface area contributed by atoms with E-state index in [1.165, 1.54) is 0 Å². The van der Waals surface area contributed by atoms with Gasteiger partial charge in [-0.2, -0.15) is 0 Å². The number of ketones is 1. The highest BCUT2D eigenvalue weighted by Crippen LogP contribution is 2.32. The molecular weight excluding hydrogens is 186 g/mol. The van der Waals surface area contributed by atoms with E-state index >= 15 is 0 Å². The first kappa shape index (κ1) is 9.97. The molecular formula is C13H15NO. The number of carbonyl (C=O) groups is 1. The molecule has 0 radical (unpaired) electrons. The van der Waals surface area contributed by atoms with Crippen molar-refractivity contribution in [1.29, 1.82) is 0 Å². The number of allylic oxidation sites excluding steroid dienone is 1. The molecule has 0 amide bonds. The van der Waals surface area contributed by atoms with Gasteiger partial charge in [0.15, 0.2) is 5.78 Å². The van der Waals surface area contributed by atoms with Gasteiger partial charge in [0, 0.05) is 22.9 Å². The van der Waals surface area contributed by atoms with Crippen LogP contribution < -0.4 is 5.32 Å². The van der Waals surface area contributed by atoms with Crippen LogP contribution in [0, 0.1) is 5.92 Å². The maximum atomic E-state index is 11.7. The summed E-state index contributed by atoms with van der Waals surface area (Å²) >= 11 is 0. The van der Waals surface area contributed by atoms with Crippen LogP contribution in [0.4, 0.5) is 5.69 Å². The summed E-state index contributed by atoms with van der Waals surface area (Å²) in [7, 11) is 0. The molecule has 1 fully saturated rings. The van der Waals surface area contributed by atoms with Gasteiger partial charge in [0.25, 0.3) is 0 Å². The monoisotopic (exact) mass is 201 g/mol. The molecule has 0 unspecified atom stereocenters. The van der Waals surface area contributed by atoms with E-state index in [2.05, 4.69) is 11.9 Å². The molecule has 2 rings (SSSR count). The van der Waals surface area contributed by atoms with Crippen LogP contribution in [-0.2, 0) is 0 Å². The lowest BCUT2D eigenvalue weighted by atomic mass is 10.1. The van der Waals surface area contributed by atoms with Crippen molar-refractivity contribution in [2.45, 2.75) is 19.8 Å². The van der Waals surface area contributed by atoms with E-state index in [0.29, 0.717) is 5.92 Å². The normalized spacial score (nSPS) is 14.7. The highest BCUT2D eigenvalue weighted by atomic mass is 16.1. The van der Waals surface area contributed by atoms with E-state index < -0.39 is 0 Å². The van der Waals surface area contributed by atoms with Crippen molar-refractivity contribution in [3.8, 4) is 0 Å². The van der Waals surface area contributed by atoms with Gasteiger partial charge in [-0.25, -0.2) is 0 Å².